The highest BCUT2D eigenvalue weighted by Gasteiger charge is 2.23. The van der Waals surface area contributed by atoms with Gasteiger partial charge in [-0.1, -0.05) is 0 Å². The van der Waals surface area contributed by atoms with Crippen molar-refractivity contribution in [3.8, 4) is 0 Å². The Morgan fingerprint density at radius 1 is 1.09 bits per heavy atom. The maximum atomic E-state index is 12.0. The number of benzene rings is 1. The summed E-state index contributed by atoms with van der Waals surface area (Å²) in [6, 6.07) is 10.4. The number of hydrogen-bond donors (Lipinski definition) is 2. The van der Waals surface area contributed by atoms with E-state index in [1.165, 1.54) is 6.20 Å². The van der Waals surface area contributed by atoms with Gasteiger partial charge in [-0.15, -0.1) is 0 Å². The summed E-state index contributed by atoms with van der Waals surface area (Å²) >= 11 is 0. The topological polar surface area (TPSA) is 80.3 Å². The predicted octanol–water partition coefficient (Wildman–Crippen LogP) is 2.45. The number of carbonyl (C=O) groups excluding carboxylic acids is 2. The maximum absolute atomic E-state index is 12.0. The van der Waals surface area contributed by atoms with Crippen LogP contribution in [0.2, 0.25) is 0 Å². The molecule has 3 rings (SSSR count). The Kier molecular flexibility index (Phi) is 4.63. The summed E-state index contributed by atoms with van der Waals surface area (Å²) in [6.07, 6.45) is 4.43. The number of ether oxygens (including phenoxy) is 1. The highest BCUT2D eigenvalue weighted by molar-refractivity contribution is 6.04. The molecule has 0 saturated carbocycles. The van der Waals surface area contributed by atoms with Gasteiger partial charge in [0.2, 0.25) is 0 Å². The van der Waals surface area contributed by atoms with Crippen LogP contribution >= 0.6 is 0 Å². The van der Waals surface area contributed by atoms with Gasteiger partial charge in [-0.2, -0.15) is 0 Å². The summed E-state index contributed by atoms with van der Waals surface area (Å²) in [7, 11) is 0. The van der Waals surface area contributed by atoms with Crippen LogP contribution in [0.4, 0.5) is 11.4 Å². The van der Waals surface area contributed by atoms with Crippen LogP contribution in [0.25, 0.3) is 0 Å². The number of carbonyl (C=O) groups is 2. The van der Waals surface area contributed by atoms with Crippen LogP contribution in [0, 0.1) is 0 Å². The minimum atomic E-state index is -0.361. The fourth-order valence-corrected chi connectivity index (χ4v) is 2.34. The van der Waals surface area contributed by atoms with Crippen LogP contribution in [-0.4, -0.2) is 29.5 Å². The van der Waals surface area contributed by atoms with Gasteiger partial charge >= 0.3 is 0 Å². The number of hydrogen-bond acceptors (Lipinski definition) is 4. The summed E-state index contributed by atoms with van der Waals surface area (Å²) in [4.78, 5) is 27.9. The molecule has 1 atom stereocenters. The van der Waals surface area contributed by atoms with Crippen molar-refractivity contribution >= 4 is 23.2 Å². The molecule has 1 aromatic carbocycles. The van der Waals surface area contributed by atoms with E-state index in [9.17, 15) is 9.59 Å². The van der Waals surface area contributed by atoms with Gasteiger partial charge in [-0.05, 0) is 49.2 Å². The third-order valence-corrected chi connectivity index (χ3v) is 3.56. The number of aromatic nitrogens is 1. The lowest BCUT2D eigenvalue weighted by molar-refractivity contribution is -0.124. The molecule has 1 aliphatic heterocycles. The minimum Gasteiger partial charge on any atom is -0.368 e. The first-order chi connectivity index (χ1) is 11.2. The Hall–Kier alpha value is -2.73. The SMILES string of the molecule is O=C(Nc1ccc(NC(=O)C2CCCO2)cc1)c1cccnc1. The molecule has 2 heterocycles. The van der Waals surface area contributed by atoms with E-state index in [0.29, 0.717) is 23.5 Å². The summed E-state index contributed by atoms with van der Waals surface area (Å²) in [6.45, 7) is 0.636. The van der Waals surface area contributed by atoms with Crippen LogP contribution in [0.15, 0.2) is 48.8 Å². The first kappa shape index (κ1) is 15.2. The van der Waals surface area contributed by atoms with E-state index in [1.54, 1.807) is 42.6 Å². The number of anilines is 2. The van der Waals surface area contributed by atoms with Crippen molar-refractivity contribution in [1.29, 1.82) is 0 Å². The second kappa shape index (κ2) is 7.02. The monoisotopic (exact) mass is 311 g/mol. The van der Waals surface area contributed by atoms with Gasteiger partial charge in [-0.3, -0.25) is 14.6 Å². The van der Waals surface area contributed by atoms with Gasteiger partial charge in [0.05, 0.1) is 5.56 Å². The van der Waals surface area contributed by atoms with Crippen molar-refractivity contribution in [2.45, 2.75) is 18.9 Å². The van der Waals surface area contributed by atoms with Crippen molar-refractivity contribution in [3.05, 3.63) is 54.4 Å². The van der Waals surface area contributed by atoms with Crippen LogP contribution in [0.5, 0.6) is 0 Å². The highest BCUT2D eigenvalue weighted by Crippen LogP contribution is 2.17. The zero-order valence-electron chi connectivity index (χ0n) is 12.5. The number of nitrogens with zero attached hydrogens (tertiary/aromatic N) is 1. The third-order valence-electron chi connectivity index (χ3n) is 3.56. The molecule has 6 nitrogen and oxygen atoms in total. The van der Waals surface area contributed by atoms with Gasteiger partial charge < -0.3 is 15.4 Å². The Bertz CT molecular complexity index is 680. The molecule has 1 aliphatic rings. The van der Waals surface area contributed by atoms with Crippen molar-refractivity contribution in [2.75, 3.05) is 17.2 Å². The zero-order valence-corrected chi connectivity index (χ0v) is 12.5. The van der Waals surface area contributed by atoms with Gasteiger partial charge in [0.15, 0.2) is 0 Å². The fraction of sp³-hybridized carbons (Fsp3) is 0.235. The number of rotatable bonds is 4. The maximum Gasteiger partial charge on any atom is 0.257 e. The van der Waals surface area contributed by atoms with E-state index < -0.39 is 0 Å². The molecule has 0 radical (unpaired) electrons. The van der Waals surface area contributed by atoms with Crippen molar-refractivity contribution in [1.82, 2.24) is 4.98 Å². The van der Waals surface area contributed by atoms with Crippen LogP contribution in [-0.2, 0) is 9.53 Å². The van der Waals surface area contributed by atoms with E-state index in [2.05, 4.69) is 15.6 Å². The van der Waals surface area contributed by atoms with Gasteiger partial charge in [0.25, 0.3) is 11.8 Å². The molecule has 2 amide bonds. The molecule has 1 fully saturated rings. The molecular formula is C17H17N3O3. The normalized spacial score (nSPS) is 16.8. The molecular weight excluding hydrogens is 294 g/mol. The van der Waals surface area contributed by atoms with Gasteiger partial charge in [0, 0.05) is 30.4 Å². The van der Waals surface area contributed by atoms with E-state index in [-0.39, 0.29) is 17.9 Å². The fourth-order valence-electron chi connectivity index (χ4n) is 2.34. The van der Waals surface area contributed by atoms with E-state index >= 15 is 0 Å². The average molecular weight is 311 g/mol. The van der Waals surface area contributed by atoms with Crippen LogP contribution in [0.3, 0.4) is 0 Å². The largest absolute Gasteiger partial charge is 0.368 e. The zero-order chi connectivity index (χ0) is 16.1. The third kappa shape index (κ3) is 3.92. The number of nitrogens with one attached hydrogen (secondary N) is 2. The molecule has 2 N–H and O–H groups in total. The second-order valence-electron chi connectivity index (χ2n) is 5.26. The summed E-state index contributed by atoms with van der Waals surface area (Å²) < 4.78 is 5.34. The van der Waals surface area contributed by atoms with Crippen LogP contribution in [0.1, 0.15) is 23.2 Å². The first-order valence-electron chi connectivity index (χ1n) is 7.46. The molecule has 0 aliphatic carbocycles. The van der Waals surface area contributed by atoms with Gasteiger partial charge in [-0.25, -0.2) is 0 Å². The Morgan fingerprint density at radius 2 is 1.83 bits per heavy atom. The summed E-state index contributed by atoms with van der Waals surface area (Å²) in [5.41, 5.74) is 1.81. The van der Waals surface area contributed by atoms with E-state index in [1.807, 2.05) is 0 Å². The lowest BCUT2D eigenvalue weighted by Crippen LogP contribution is -2.26. The molecule has 6 heteroatoms. The van der Waals surface area contributed by atoms with Crippen LogP contribution < -0.4 is 10.6 Å². The Labute approximate surface area is 133 Å². The second-order valence-corrected chi connectivity index (χ2v) is 5.26. The highest BCUT2D eigenvalue weighted by atomic mass is 16.5. The standard InChI is InChI=1S/C17H17N3O3/c21-16(12-3-1-9-18-11-12)19-13-5-7-14(8-6-13)20-17(22)15-4-2-10-23-15/h1,3,5-9,11,15H,2,4,10H2,(H,19,21)(H,20,22). The smallest absolute Gasteiger partial charge is 0.257 e. The molecule has 1 aromatic heterocycles. The Balaban J connectivity index is 1.58. The van der Waals surface area contributed by atoms with E-state index in [4.69, 9.17) is 4.74 Å². The minimum absolute atomic E-state index is 0.130. The predicted molar refractivity (Wildman–Crippen MR) is 86.2 cm³/mol. The number of amides is 2. The molecule has 1 saturated heterocycles. The first-order valence-corrected chi connectivity index (χ1v) is 7.46. The van der Waals surface area contributed by atoms with Crippen molar-refractivity contribution < 1.29 is 14.3 Å². The lowest BCUT2D eigenvalue weighted by Gasteiger charge is -2.11. The quantitative estimate of drug-likeness (QED) is 0.909. The molecule has 23 heavy (non-hydrogen) atoms. The van der Waals surface area contributed by atoms with E-state index in [0.717, 1.165) is 12.8 Å². The molecule has 2 aromatic rings. The summed E-state index contributed by atoms with van der Waals surface area (Å²) in [5.74, 6) is -0.358. The molecule has 0 bridgehead atoms. The lowest BCUT2D eigenvalue weighted by atomic mass is 10.2. The molecule has 118 valence electrons. The molecule has 1 unspecified atom stereocenters. The summed E-state index contributed by atoms with van der Waals surface area (Å²) in [5, 5.41) is 5.59. The Morgan fingerprint density at radius 3 is 2.43 bits per heavy atom. The van der Waals surface area contributed by atoms with Crippen molar-refractivity contribution in [3.63, 3.8) is 0 Å². The molecule has 0 spiro atoms. The number of pyridine rings is 1. The van der Waals surface area contributed by atoms with Crippen molar-refractivity contribution in [2.24, 2.45) is 0 Å². The van der Waals surface area contributed by atoms with Gasteiger partial charge in [0.1, 0.15) is 6.10 Å². The average Bonchev–Trinajstić information content (AvgIpc) is 3.12.